The maximum atomic E-state index is 5.96. The van der Waals surface area contributed by atoms with Crippen LogP contribution in [0.3, 0.4) is 0 Å². The zero-order valence-corrected chi connectivity index (χ0v) is 13.9. The van der Waals surface area contributed by atoms with Gasteiger partial charge in [-0.3, -0.25) is 0 Å². The van der Waals surface area contributed by atoms with E-state index in [1.165, 1.54) is 31.3 Å². The molecule has 0 atom stereocenters. The van der Waals surface area contributed by atoms with Gasteiger partial charge in [0.25, 0.3) is 0 Å². The van der Waals surface area contributed by atoms with Crippen molar-refractivity contribution in [1.29, 1.82) is 0 Å². The summed E-state index contributed by atoms with van der Waals surface area (Å²) in [7, 11) is 0. The molecule has 2 aromatic rings. The average molecular weight is 368 g/mol. The molecule has 1 aliphatic rings. The van der Waals surface area contributed by atoms with Crippen molar-refractivity contribution in [3.63, 3.8) is 0 Å². The molecule has 0 unspecified atom stereocenters. The highest BCUT2D eigenvalue weighted by molar-refractivity contribution is 9.10. The number of hydrogen-bond donors (Lipinski definition) is 1. The summed E-state index contributed by atoms with van der Waals surface area (Å²) in [4.78, 5) is 10.5. The predicted octanol–water partition coefficient (Wildman–Crippen LogP) is 4.63. The number of rotatable bonds is 3. The maximum absolute atomic E-state index is 5.96. The molecule has 21 heavy (non-hydrogen) atoms. The van der Waals surface area contributed by atoms with Gasteiger partial charge in [0.15, 0.2) is 0 Å². The van der Waals surface area contributed by atoms with E-state index in [9.17, 15) is 0 Å². The van der Waals surface area contributed by atoms with Crippen molar-refractivity contribution in [2.45, 2.75) is 19.3 Å². The molecule has 0 amide bonds. The Morgan fingerprint density at radius 1 is 1.05 bits per heavy atom. The Morgan fingerprint density at radius 3 is 2.48 bits per heavy atom. The van der Waals surface area contributed by atoms with E-state index in [1.807, 2.05) is 0 Å². The smallest absolute Gasteiger partial charge is 0.149 e. The van der Waals surface area contributed by atoms with E-state index in [2.05, 4.69) is 60.4 Å². The fourth-order valence-electron chi connectivity index (χ4n) is 2.48. The van der Waals surface area contributed by atoms with Crippen LogP contribution in [0.5, 0.6) is 0 Å². The lowest BCUT2D eigenvalue weighted by Crippen LogP contribution is -2.29. The van der Waals surface area contributed by atoms with Crippen LogP contribution in [0.2, 0.25) is 5.15 Å². The molecule has 6 heteroatoms. The Bertz CT molecular complexity index is 612. The van der Waals surface area contributed by atoms with Gasteiger partial charge < -0.3 is 10.2 Å². The summed E-state index contributed by atoms with van der Waals surface area (Å²) in [6.07, 6.45) is 5.36. The molecule has 1 fully saturated rings. The predicted molar refractivity (Wildman–Crippen MR) is 90.5 cm³/mol. The average Bonchev–Trinajstić information content (AvgIpc) is 2.53. The van der Waals surface area contributed by atoms with Gasteiger partial charge in [0.1, 0.15) is 17.3 Å². The number of nitrogens with zero attached hydrogens (tertiary/aromatic N) is 3. The lowest BCUT2D eigenvalue weighted by molar-refractivity contribution is 0.578. The molecule has 2 heterocycles. The van der Waals surface area contributed by atoms with Crippen LogP contribution in [0.1, 0.15) is 19.3 Å². The Hall–Kier alpha value is -1.33. The van der Waals surface area contributed by atoms with Gasteiger partial charge in [-0.05, 0) is 59.5 Å². The summed E-state index contributed by atoms with van der Waals surface area (Å²) >= 11 is 9.35. The van der Waals surface area contributed by atoms with Gasteiger partial charge in [0, 0.05) is 24.5 Å². The quantitative estimate of drug-likeness (QED) is 0.803. The third kappa shape index (κ3) is 3.47. The summed E-state index contributed by atoms with van der Waals surface area (Å²) in [6, 6.07) is 8.41. The first-order valence-electron chi connectivity index (χ1n) is 7.02. The molecule has 0 bridgehead atoms. The Kier molecular flexibility index (Phi) is 4.60. The van der Waals surface area contributed by atoms with Gasteiger partial charge in [0.2, 0.25) is 0 Å². The Morgan fingerprint density at radius 2 is 1.76 bits per heavy atom. The second-order valence-corrected chi connectivity index (χ2v) is 6.20. The van der Waals surface area contributed by atoms with Crippen molar-refractivity contribution in [3.8, 4) is 0 Å². The second-order valence-electron chi connectivity index (χ2n) is 5.05. The summed E-state index contributed by atoms with van der Waals surface area (Å²) in [5.74, 6) is 0.667. The lowest BCUT2D eigenvalue weighted by Gasteiger charge is -2.28. The monoisotopic (exact) mass is 366 g/mol. The molecule has 110 valence electrons. The first kappa shape index (κ1) is 14.6. The van der Waals surface area contributed by atoms with Crippen LogP contribution in [0.25, 0.3) is 0 Å². The minimum Gasteiger partial charge on any atom is -0.372 e. The van der Waals surface area contributed by atoms with Crippen LogP contribution in [0.15, 0.2) is 35.1 Å². The maximum Gasteiger partial charge on any atom is 0.149 e. The van der Waals surface area contributed by atoms with Crippen LogP contribution in [0, 0.1) is 0 Å². The van der Waals surface area contributed by atoms with E-state index in [1.54, 1.807) is 0 Å². The molecular weight excluding hydrogens is 352 g/mol. The molecule has 0 spiro atoms. The van der Waals surface area contributed by atoms with E-state index >= 15 is 0 Å². The highest BCUT2D eigenvalue weighted by atomic mass is 79.9. The number of nitrogens with one attached hydrogen (secondary N) is 1. The molecule has 0 aliphatic carbocycles. The number of halogens is 2. The fourth-order valence-corrected chi connectivity index (χ4v) is 2.92. The van der Waals surface area contributed by atoms with Crippen molar-refractivity contribution in [2.24, 2.45) is 0 Å². The first-order valence-corrected chi connectivity index (χ1v) is 8.19. The standard InChI is InChI=1S/C15H16BrClN4/c16-13-14(17)18-10-19-15(13)20-11-4-6-12(7-5-11)21-8-2-1-3-9-21/h4-7,10H,1-3,8-9H2,(H,18,19,20). The van der Waals surface area contributed by atoms with Crippen LogP contribution in [-0.4, -0.2) is 23.1 Å². The summed E-state index contributed by atoms with van der Waals surface area (Å²) in [5, 5.41) is 3.64. The van der Waals surface area contributed by atoms with Crippen molar-refractivity contribution < 1.29 is 0 Å². The van der Waals surface area contributed by atoms with Gasteiger partial charge in [-0.15, -0.1) is 0 Å². The minimum atomic E-state index is 0.400. The first-order chi connectivity index (χ1) is 10.2. The summed E-state index contributed by atoms with van der Waals surface area (Å²) in [5.41, 5.74) is 2.26. The molecular formula is C15H16BrClN4. The second kappa shape index (κ2) is 6.62. The van der Waals surface area contributed by atoms with E-state index in [-0.39, 0.29) is 0 Å². The molecule has 1 N–H and O–H groups in total. The Labute approximate surface area is 137 Å². The van der Waals surface area contributed by atoms with Crippen molar-refractivity contribution in [1.82, 2.24) is 9.97 Å². The molecule has 1 aromatic heterocycles. The van der Waals surface area contributed by atoms with Gasteiger partial charge in [-0.25, -0.2) is 9.97 Å². The van der Waals surface area contributed by atoms with Crippen LogP contribution in [0.4, 0.5) is 17.2 Å². The van der Waals surface area contributed by atoms with Crippen LogP contribution >= 0.6 is 27.5 Å². The number of aromatic nitrogens is 2. The van der Waals surface area contributed by atoms with E-state index < -0.39 is 0 Å². The molecule has 0 saturated carbocycles. The molecule has 0 radical (unpaired) electrons. The van der Waals surface area contributed by atoms with Crippen LogP contribution in [-0.2, 0) is 0 Å². The highest BCUT2D eigenvalue weighted by Gasteiger charge is 2.11. The molecule has 1 saturated heterocycles. The normalized spacial score (nSPS) is 15.0. The molecule has 1 aromatic carbocycles. The fraction of sp³-hybridized carbons (Fsp3) is 0.333. The number of piperidine rings is 1. The third-order valence-electron chi connectivity index (χ3n) is 3.60. The molecule has 3 rings (SSSR count). The molecule has 1 aliphatic heterocycles. The third-order valence-corrected chi connectivity index (χ3v) is 4.86. The van der Waals surface area contributed by atoms with E-state index in [0.29, 0.717) is 15.4 Å². The van der Waals surface area contributed by atoms with E-state index in [4.69, 9.17) is 11.6 Å². The zero-order valence-electron chi connectivity index (χ0n) is 11.5. The van der Waals surface area contributed by atoms with Gasteiger partial charge in [-0.1, -0.05) is 11.6 Å². The zero-order chi connectivity index (χ0) is 14.7. The van der Waals surface area contributed by atoms with E-state index in [0.717, 1.165) is 18.8 Å². The lowest BCUT2D eigenvalue weighted by atomic mass is 10.1. The van der Waals surface area contributed by atoms with Gasteiger partial charge in [-0.2, -0.15) is 0 Å². The molecule has 4 nitrogen and oxygen atoms in total. The highest BCUT2D eigenvalue weighted by Crippen LogP contribution is 2.29. The largest absolute Gasteiger partial charge is 0.372 e. The number of benzene rings is 1. The minimum absolute atomic E-state index is 0.400. The van der Waals surface area contributed by atoms with Crippen molar-refractivity contribution in [3.05, 3.63) is 40.2 Å². The number of hydrogen-bond acceptors (Lipinski definition) is 4. The van der Waals surface area contributed by atoms with Gasteiger partial charge >= 0.3 is 0 Å². The van der Waals surface area contributed by atoms with Crippen molar-refractivity contribution in [2.75, 3.05) is 23.3 Å². The summed E-state index contributed by atoms with van der Waals surface area (Å²) in [6.45, 7) is 2.31. The van der Waals surface area contributed by atoms with Gasteiger partial charge in [0.05, 0.1) is 4.47 Å². The SMILES string of the molecule is Clc1ncnc(Nc2ccc(N3CCCCC3)cc2)c1Br. The number of anilines is 3. The van der Waals surface area contributed by atoms with Crippen LogP contribution < -0.4 is 10.2 Å². The topological polar surface area (TPSA) is 41.1 Å². The Balaban J connectivity index is 1.73. The van der Waals surface area contributed by atoms with Crippen molar-refractivity contribution >= 4 is 44.7 Å². The summed E-state index contributed by atoms with van der Waals surface area (Å²) < 4.78 is 0.673.